The summed E-state index contributed by atoms with van der Waals surface area (Å²) in [6, 6.07) is 17.3. The van der Waals surface area contributed by atoms with Crippen LogP contribution in [0.25, 0.3) is 21.8 Å². The van der Waals surface area contributed by atoms with Gasteiger partial charge in [-0.2, -0.15) is 0 Å². The van der Waals surface area contributed by atoms with E-state index < -0.39 is 6.89 Å². The molecule has 128 valence electrons. The molecule has 0 radical (unpaired) electrons. The minimum absolute atomic E-state index is 0.125. The lowest BCUT2D eigenvalue weighted by Gasteiger charge is -2.37. The largest absolute Gasteiger partial charge is 0.625 e. The standard InChI is InChI=1S/C19H21BN2O3/c1-3-7-18-16(5-1)17-6-2-4-8-19(17)21(18)13-15-14-22-9-11-23-20(22,25-15)24-12-10-22/h1-8,15H,9-14H2/t15-,20?,22?/m1/s1. The predicted octanol–water partition coefficient (Wildman–Crippen LogP) is 2.51. The second kappa shape index (κ2) is 4.86. The molecule has 5 nitrogen and oxygen atoms in total. The molecule has 25 heavy (non-hydrogen) atoms. The van der Waals surface area contributed by atoms with Crippen LogP contribution in [0, 0.1) is 0 Å². The van der Waals surface area contributed by atoms with E-state index in [4.69, 9.17) is 14.0 Å². The van der Waals surface area contributed by atoms with Gasteiger partial charge in [0.25, 0.3) is 0 Å². The van der Waals surface area contributed by atoms with Crippen molar-refractivity contribution in [1.82, 2.24) is 4.57 Å². The first-order valence-corrected chi connectivity index (χ1v) is 9.21. The van der Waals surface area contributed by atoms with E-state index in [-0.39, 0.29) is 6.10 Å². The number of nitrogens with zero attached hydrogens (tertiary/aromatic N) is 2. The van der Waals surface area contributed by atoms with Gasteiger partial charge in [-0.15, -0.1) is 0 Å². The van der Waals surface area contributed by atoms with Crippen LogP contribution in [0.5, 0.6) is 0 Å². The van der Waals surface area contributed by atoms with E-state index in [0.717, 1.165) is 43.8 Å². The SMILES string of the molecule is c1ccc2c(c1)c1ccccc1n2C[C@@H]1C[N+]23CCO[B-]2(OCC3)O1. The second-order valence-corrected chi connectivity index (χ2v) is 7.60. The molecule has 0 bridgehead atoms. The van der Waals surface area contributed by atoms with Crippen molar-refractivity contribution in [2.75, 3.05) is 32.8 Å². The van der Waals surface area contributed by atoms with Gasteiger partial charge in [0.05, 0.1) is 45.5 Å². The Morgan fingerprint density at radius 2 is 1.52 bits per heavy atom. The number of para-hydroxylation sites is 2. The molecule has 3 aromatic rings. The van der Waals surface area contributed by atoms with Crippen molar-refractivity contribution in [3.63, 3.8) is 0 Å². The maximum Gasteiger partial charge on any atom is 0.625 e. The summed E-state index contributed by atoms with van der Waals surface area (Å²) in [6.45, 7) is 3.79. The van der Waals surface area contributed by atoms with Crippen LogP contribution in [0.2, 0.25) is 0 Å². The van der Waals surface area contributed by atoms with Gasteiger partial charge >= 0.3 is 6.89 Å². The Hall–Kier alpha value is -1.86. The van der Waals surface area contributed by atoms with E-state index in [9.17, 15) is 0 Å². The Morgan fingerprint density at radius 1 is 0.920 bits per heavy atom. The zero-order valence-corrected chi connectivity index (χ0v) is 14.1. The number of hydrogen-bond donors (Lipinski definition) is 0. The topological polar surface area (TPSA) is 32.6 Å². The smallest absolute Gasteiger partial charge is 0.481 e. The minimum Gasteiger partial charge on any atom is -0.481 e. The Kier molecular flexibility index (Phi) is 2.78. The Morgan fingerprint density at radius 3 is 2.12 bits per heavy atom. The molecular weight excluding hydrogens is 315 g/mol. The molecule has 0 aliphatic carbocycles. The highest BCUT2D eigenvalue weighted by Gasteiger charge is 2.66. The monoisotopic (exact) mass is 336 g/mol. The Balaban J connectivity index is 1.43. The van der Waals surface area contributed by atoms with Gasteiger partial charge < -0.3 is 22.9 Å². The van der Waals surface area contributed by atoms with Gasteiger partial charge in [0.15, 0.2) is 0 Å². The summed E-state index contributed by atoms with van der Waals surface area (Å²) < 4.78 is 21.7. The summed E-state index contributed by atoms with van der Waals surface area (Å²) >= 11 is 0. The van der Waals surface area contributed by atoms with E-state index in [1.54, 1.807) is 0 Å². The Labute approximate surface area is 146 Å². The molecule has 0 unspecified atom stereocenters. The summed E-state index contributed by atoms with van der Waals surface area (Å²) in [4.78, 5) is 0. The summed E-state index contributed by atoms with van der Waals surface area (Å²) in [7, 11) is 0. The van der Waals surface area contributed by atoms with E-state index in [0.29, 0.717) is 0 Å². The van der Waals surface area contributed by atoms with Gasteiger partial charge in [0.1, 0.15) is 0 Å². The molecule has 1 aromatic heterocycles. The van der Waals surface area contributed by atoms with Crippen LogP contribution in [0.15, 0.2) is 48.5 Å². The lowest BCUT2D eigenvalue weighted by atomic mass is 9.94. The van der Waals surface area contributed by atoms with Crippen molar-refractivity contribution in [3.05, 3.63) is 48.5 Å². The van der Waals surface area contributed by atoms with Crippen LogP contribution >= 0.6 is 0 Å². The number of rotatable bonds is 2. The third-order valence-electron chi connectivity index (χ3n) is 6.40. The highest BCUT2D eigenvalue weighted by molar-refractivity contribution is 6.54. The number of aromatic nitrogens is 1. The van der Waals surface area contributed by atoms with Crippen LogP contribution in [-0.4, -0.2) is 54.8 Å². The quantitative estimate of drug-likeness (QED) is 0.674. The minimum atomic E-state index is -1.58. The highest BCUT2D eigenvalue weighted by Crippen LogP contribution is 2.42. The number of quaternary nitrogens is 1. The molecule has 6 heteroatoms. The molecule has 4 heterocycles. The van der Waals surface area contributed by atoms with E-state index in [1.807, 2.05) is 0 Å². The van der Waals surface area contributed by atoms with Crippen molar-refractivity contribution >= 4 is 28.7 Å². The third kappa shape index (κ3) is 1.78. The third-order valence-corrected chi connectivity index (χ3v) is 6.40. The van der Waals surface area contributed by atoms with Gasteiger partial charge in [-0.1, -0.05) is 36.4 Å². The van der Waals surface area contributed by atoms with E-state index >= 15 is 0 Å². The van der Waals surface area contributed by atoms with Crippen molar-refractivity contribution in [1.29, 1.82) is 0 Å². The van der Waals surface area contributed by atoms with Gasteiger partial charge in [-0.3, -0.25) is 0 Å². The second-order valence-electron chi connectivity index (χ2n) is 7.60. The van der Waals surface area contributed by atoms with Crippen LogP contribution in [-0.2, 0) is 20.5 Å². The van der Waals surface area contributed by atoms with Gasteiger partial charge in [0, 0.05) is 21.8 Å². The number of hydrogen-bond acceptors (Lipinski definition) is 3. The molecule has 0 N–H and O–H groups in total. The molecule has 3 fully saturated rings. The fourth-order valence-corrected chi connectivity index (χ4v) is 5.27. The van der Waals surface area contributed by atoms with Crippen molar-refractivity contribution in [3.8, 4) is 0 Å². The molecule has 2 aromatic carbocycles. The Bertz CT molecular complexity index is 902. The molecule has 1 atom stereocenters. The molecule has 0 amide bonds. The zero-order valence-electron chi connectivity index (χ0n) is 14.1. The molecule has 0 spiro atoms. The molecule has 0 saturated carbocycles. The maximum absolute atomic E-state index is 6.43. The highest BCUT2D eigenvalue weighted by atomic mass is 16.8. The zero-order chi connectivity index (χ0) is 16.5. The van der Waals surface area contributed by atoms with Crippen LogP contribution < -0.4 is 0 Å². The predicted molar refractivity (Wildman–Crippen MR) is 96.8 cm³/mol. The van der Waals surface area contributed by atoms with Crippen LogP contribution in [0.4, 0.5) is 0 Å². The summed E-state index contributed by atoms with van der Waals surface area (Å²) in [5, 5.41) is 2.61. The van der Waals surface area contributed by atoms with E-state index in [2.05, 4.69) is 53.1 Å². The average molecular weight is 336 g/mol. The molecular formula is C19H21BN2O3. The van der Waals surface area contributed by atoms with Crippen molar-refractivity contribution < 1.29 is 18.4 Å². The molecule has 6 rings (SSSR count). The average Bonchev–Trinajstić information content (AvgIpc) is 3.29. The fourth-order valence-electron chi connectivity index (χ4n) is 5.27. The maximum atomic E-state index is 6.43. The molecule has 3 aliphatic rings. The molecule has 3 aliphatic heterocycles. The van der Waals surface area contributed by atoms with Gasteiger partial charge in [-0.05, 0) is 12.1 Å². The number of benzene rings is 2. The van der Waals surface area contributed by atoms with Crippen LogP contribution in [0.3, 0.4) is 0 Å². The van der Waals surface area contributed by atoms with Gasteiger partial charge in [-0.25, -0.2) is 0 Å². The first kappa shape index (κ1) is 14.3. The lowest BCUT2D eigenvalue weighted by molar-refractivity contribution is -0.816. The molecule has 3 saturated heterocycles. The summed E-state index contributed by atoms with van der Waals surface area (Å²) in [5.41, 5.74) is 2.54. The first-order chi connectivity index (χ1) is 12.3. The number of fused-ring (bicyclic) bond motifs is 3. The summed E-state index contributed by atoms with van der Waals surface area (Å²) in [6.07, 6.45) is 0.125. The lowest BCUT2D eigenvalue weighted by Crippen LogP contribution is -2.59. The van der Waals surface area contributed by atoms with Gasteiger partial charge in [0.2, 0.25) is 0 Å². The van der Waals surface area contributed by atoms with Crippen molar-refractivity contribution in [2.24, 2.45) is 0 Å². The van der Waals surface area contributed by atoms with Crippen molar-refractivity contribution in [2.45, 2.75) is 12.6 Å². The fraction of sp³-hybridized carbons (Fsp3) is 0.368. The summed E-state index contributed by atoms with van der Waals surface area (Å²) in [5.74, 6) is 0. The normalized spacial score (nSPS) is 34.0. The first-order valence-electron chi connectivity index (χ1n) is 9.21. The van der Waals surface area contributed by atoms with E-state index in [1.165, 1.54) is 21.8 Å². The van der Waals surface area contributed by atoms with Crippen LogP contribution in [0.1, 0.15) is 0 Å².